The van der Waals surface area contributed by atoms with E-state index in [2.05, 4.69) is 76.2 Å². The van der Waals surface area contributed by atoms with Gasteiger partial charge in [0.05, 0.1) is 11.2 Å². The van der Waals surface area contributed by atoms with Gasteiger partial charge in [-0.05, 0) is 69.3 Å². The van der Waals surface area contributed by atoms with Crippen LogP contribution in [-0.2, 0) is 4.79 Å². The van der Waals surface area contributed by atoms with Crippen LogP contribution in [-0.4, -0.2) is 64.1 Å². The Morgan fingerprint density at radius 3 is 2.41 bits per heavy atom. The van der Waals surface area contributed by atoms with Crippen molar-refractivity contribution in [2.45, 2.75) is 51.6 Å². The molecule has 6 heteroatoms. The first-order valence-corrected chi connectivity index (χ1v) is 13.0. The lowest BCUT2D eigenvalue weighted by Gasteiger charge is -2.36. The Morgan fingerprint density at radius 1 is 0.941 bits per heavy atom. The molecule has 2 aromatic heterocycles. The third kappa shape index (κ3) is 3.98. The molecule has 0 bridgehead atoms. The molecule has 1 amide bonds. The van der Waals surface area contributed by atoms with Crippen molar-refractivity contribution >= 4 is 17.1 Å². The maximum atomic E-state index is 12.4. The van der Waals surface area contributed by atoms with Crippen LogP contribution in [0.5, 0.6) is 0 Å². The smallest absolute Gasteiger partial charge is 0.225 e. The highest BCUT2D eigenvalue weighted by atomic mass is 16.2. The Hall–Kier alpha value is -2.86. The minimum atomic E-state index is 0.306. The molecule has 178 valence electrons. The van der Waals surface area contributed by atoms with Gasteiger partial charge in [0.1, 0.15) is 0 Å². The van der Waals surface area contributed by atoms with Crippen molar-refractivity contribution in [1.82, 2.24) is 19.4 Å². The van der Waals surface area contributed by atoms with E-state index in [4.69, 9.17) is 0 Å². The van der Waals surface area contributed by atoms with E-state index in [0.29, 0.717) is 23.9 Å². The van der Waals surface area contributed by atoms with Crippen LogP contribution >= 0.6 is 0 Å². The quantitative estimate of drug-likeness (QED) is 0.561. The number of anilines is 1. The second-order valence-electron chi connectivity index (χ2n) is 10.5. The van der Waals surface area contributed by atoms with Gasteiger partial charge >= 0.3 is 0 Å². The number of fused-ring (bicyclic) bond motifs is 1. The SMILES string of the molecule is CC(C)N1CCC[C@@H]1c1ccc(-c2cc3c(N4CCN(C(=O)C5CC5)CC4)ccnn3c2)cc1. The van der Waals surface area contributed by atoms with E-state index in [1.807, 2.05) is 10.7 Å². The first-order chi connectivity index (χ1) is 16.6. The number of hydrogen-bond donors (Lipinski definition) is 0. The molecule has 0 spiro atoms. The summed E-state index contributed by atoms with van der Waals surface area (Å²) in [6.45, 7) is 9.18. The van der Waals surface area contributed by atoms with E-state index >= 15 is 0 Å². The fourth-order valence-corrected chi connectivity index (χ4v) is 5.84. The van der Waals surface area contributed by atoms with Crippen LogP contribution in [0, 0.1) is 5.92 Å². The molecule has 1 aliphatic carbocycles. The Bertz CT molecular complexity index is 1170. The summed E-state index contributed by atoms with van der Waals surface area (Å²) in [5, 5.41) is 4.59. The van der Waals surface area contributed by atoms with Gasteiger partial charge in [-0.25, -0.2) is 4.52 Å². The third-order valence-electron chi connectivity index (χ3n) is 7.93. The fraction of sp³-hybridized carbons (Fsp3) is 0.500. The number of nitrogens with zero attached hydrogens (tertiary/aromatic N) is 5. The van der Waals surface area contributed by atoms with Gasteiger partial charge in [0, 0.05) is 62.1 Å². The fourth-order valence-electron chi connectivity index (χ4n) is 5.84. The average Bonchev–Trinajstić information content (AvgIpc) is 3.42. The molecule has 3 fully saturated rings. The summed E-state index contributed by atoms with van der Waals surface area (Å²) in [4.78, 5) is 19.5. The Balaban J connectivity index is 1.21. The molecule has 1 saturated carbocycles. The van der Waals surface area contributed by atoms with Crippen LogP contribution in [0.15, 0.2) is 48.8 Å². The molecule has 34 heavy (non-hydrogen) atoms. The number of likely N-dealkylation sites (tertiary alicyclic amines) is 1. The lowest BCUT2D eigenvalue weighted by Crippen LogP contribution is -2.49. The largest absolute Gasteiger partial charge is 0.366 e. The molecule has 3 aliphatic rings. The van der Waals surface area contributed by atoms with Gasteiger partial charge in [-0.1, -0.05) is 24.3 Å². The zero-order valence-corrected chi connectivity index (χ0v) is 20.4. The van der Waals surface area contributed by atoms with Crippen LogP contribution in [0.3, 0.4) is 0 Å². The number of hydrogen-bond acceptors (Lipinski definition) is 4. The predicted octanol–water partition coefficient (Wildman–Crippen LogP) is 4.61. The van der Waals surface area contributed by atoms with Gasteiger partial charge in [0.15, 0.2) is 0 Å². The van der Waals surface area contributed by atoms with Crippen LogP contribution in [0.25, 0.3) is 16.6 Å². The number of amides is 1. The van der Waals surface area contributed by atoms with Gasteiger partial charge in [-0.2, -0.15) is 5.10 Å². The van der Waals surface area contributed by atoms with Crippen molar-refractivity contribution in [1.29, 1.82) is 0 Å². The van der Waals surface area contributed by atoms with Crippen LogP contribution in [0.1, 0.15) is 51.1 Å². The van der Waals surface area contributed by atoms with Crippen LogP contribution in [0.4, 0.5) is 5.69 Å². The zero-order chi connectivity index (χ0) is 23.2. The molecule has 2 aliphatic heterocycles. The third-order valence-corrected chi connectivity index (χ3v) is 7.93. The van der Waals surface area contributed by atoms with Gasteiger partial charge < -0.3 is 9.80 Å². The van der Waals surface area contributed by atoms with Crippen molar-refractivity contribution < 1.29 is 4.79 Å². The monoisotopic (exact) mass is 457 g/mol. The summed E-state index contributed by atoms with van der Waals surface area (Å²) in [7, 11) is 0. The second kappa shape index (κ2) is 8.73. The van der Waals surface area contributed by atoms with E-state index in [9.17, 15) is 4.79 Å². The van der Waals surface area contributed by atoms with Gasteiger partial charge in [0.2, 0.25) is 5.91 Å². The van der Waals surface area contributed by atoms with Crippen molar-refractivity contribution in [3.63, 3.8) is 0 Å². The summed E-state index contributed by atoms with van der Waals surface area (Å²) in [5.41, 5.74) is 6.19. The molecule has 3 aromatic rings. The standard InChI is InChI=1S/C28H35N5O/c1-20(2)32-13-3-4-25(32)22-7-5-21(6-8-22)24-18-27-26(11-12-29-33(27)19-24)30-14-16-31(17-15-30)28(34)23-9-10-23/h5-8,11-12,18-20,23,25H,3-4,9-10,13-17H2,1-2H3/t25-/m1/s1. The molecule has 6 nitrogen and oxygen atoms in total. The maximum absolute atomic E-state index is 12.4. The summed E-state index contributed by atoms with van der Waals surface area (Å²) in [5.74, 6) is 0.669. The molecule has 0 radical (unpaired) electrons. The summed E-state index contributed by atoms with van der Waals surface area (Å²) in [6.07, 6.45) is 8.71. The minimum absolute atomic E-state index is 0.306. The van der Waals surface area contributed by atoms with Crippen LogP contribution < -0.4 is 4.90 Å². The molecular weight excluding hydrogens is 422 g/mol. The van der Waals surface area contributed by atoms with Gasteiger partial charge in [-0.3, -0.25) is 9.69 Å². The van der Waals surface area contributed by atoms with Crippen molar-refractivity contribution in [3.8, 4) is 11.1 Å². The first-order valence-electron chi connectivity index (χ1n) is 13.0. The topological polar surface area (TPSA) is 44.1 Å². The highest BCUT2D eigenvalue weighted by Crippen LogP contribution is 2.35. The summed E-state index contributed by atoms with van der Waals surface area (Å²) in [6, 6.07) is 14.7. The van der Waals surface area contributed by atoms with Gasteiger partial charge in [-0.15, -0.1) is 0 Å². The molecule has 1 atom stereocenters. The molecule has 2 saturated heterocycles. The Labute approximate surface area is 202 Å². The number of carbonyl (C=O) groups is 1. The van der Waals surface area contributed by atoms with Crippen molar-refractivity contribution in [2.24, 2.45) is 5.92 Å². The second-order valence-corrected chi connectivity index (χ2v) is 10.5. The number of benzene rings is 1. The number of rotatable bonds is 5. The first kappa shape index (κ1) is 21.7. The molecular formula is C28H35N5O. The van der Waals surface area contributed by atoms with Gasteiger partial charge in [0.25, 0.3) is 0 Å². The highest BCUT2D eigenvalue weighted by Gasteiger charge is 2.35. The predicted molar refractivity (Wildman–Crippen MR) is 136 cm³/mol. The minimum Gasteiger partial charge on any atom is -0.366 e. The number of aromatic nitrogens is 2. The maximum Gasteiger partial charge on any atom is 0.225 e. The Morgan fingerprint density at radius 2 is 1.71 bits per heavy atom. The van der Waals surface area contributed by atoms with Crippen LogP contribution in [0.2, 0.25) is 0 Å². The molecule has 0 N–H and O–H groups in total. The number of piperazine rings is 1. The van der Waals surface area contributed by atoms with Crippen molar-refractivity contribution in [3.05, 3.63) is 54.4 Å². The van der Waals surface area contributed by atoms with E-state index < -0.39 is 0 Å². The summed E-state index contributed by atoms with van der Waals surface area (Å²) < 4.78 is 2.00. The molecule has 1 aromatic carbocycles. The van der Waals surface area contributed by atoms with Crippen molar-refractivity contribution in [2.75, 3.05) is 37.6 Å². The Kier molecular flexibility index (Phi) is 5.56. The molecule has 6 rings (SSSR count). The van der Waals surface area contributed by atoms with E-state index in [0.717, 1.165) is 44.5 Å². The van der Waals surface area contributed by atoms with E-state index in [-0.39, 0.29) is 0 Å². The number of carbonyl (C=O) groups excluding carboxylic acids is 1. The van der Waals surface area contributed by atoms with E-state index in [1.54, 1.807) is 0 Å². The lowest BCUT2D eigenvalue weighted by atomic mass is 10.00. The molecule has 4 heterocycles. The summed E-state index contributed by atoms with van der Waals surface area (Å²) >= 11 is 0. The van der Waals surface area contributed by atoms with E-state index in [1.165, 1.54) is 41.8 Å². The normalized spacial score (nSPS) is 21.7. The lowest BCUT2D eigenvalue weighted by molar-refractivity contribution is -0.132. The highest BCUT2D eigenvalue weighted by molar-refractivity contribution is 5.82. The average molecular weight is 458 g/mol. The molecule has 0 unspecified atom stereocenters. The zero-order valence-electron chi connectivity index (χ0n) is 20.4.